The quantitative estimate of drug-likeness (QED) is 0.0205. The van der Waals surface area contributed by atoms with Crippen LogP contribution in [0, 0.1) is 0 Å². The third-order valence-electron chi connectivity index (χ3n) is 13.9. The highest BCUT2D eigenvalue weighted by Crippen LogP contribution is 2.43. The van der Waals surface area contributed by atoms with Crippen molar-refractivity contribution in [2.45, 2.75) is 303 Å². The van der Waals surface area contributed by atoms with Crippen LogP contribution in [0.5, 0.6) is 0 Å². The van der Waals surface area contributed by atoms with E-state index in [1.54, 1.807) is 0 Å². The van der Waals surface area contributed by atoms with Gasteiger partial charge in [0.25, 0.3) is 0 Å². The Morgan fingerprint density at radius 1 is 0.467 bits per heavy atom. The lowest BCUT2D eigenvalue weighted by Crippen LogP contribution is -2.47. The molecule has 0 saturated carbocycles. The van der Waals surface area contributed by atoms with Crippen LogP contribution in [-0.4, -0.2) is 74.3 Å². The van der Waals surface area contributed by atoms with Gasteiger partial charge in [0, 0.05) is 12.8 Å². The van der Waals surface area contributed by atoms with E-state index in [1.165, 1.54) is 161 Å². The molecule has 0 aromatic rings. The maximum Gasteiger partial charge on any atom is 0.472 e. The molecule has 0 fully saturated rings. The number of carbonyl (C=O) groups excluding carboxylic acids is 2. The predicted octanol–water partition coefficient (Wildman–Crippen LogP) is 19.4. The summed E-state index contributed by atoms with van der Waals surface area (Å²) in [6.07, 6.45) is 69.2. The Bertz CT molecular complexity index is 1470. The summed E-state index contributed by atoms with van der Waals surface area (Å²) in [5, 5.41) is 3.05. The van der Waals surface area contributed by atoms with Crippen LogP contribution in [0.25, 0.3) is 0 Å². The monoisotopic (exact) mass is 1070 g/mol. The maximum atomic E-state index is 13.6. The summed E-state index contributed by atoms with van der Waals surface area (Å²) in [4.78, 5) is 37.7. The number of hydrogen-bond donors (Lipinski definition) is 2. The molecule has 75 heavy (non-hydrogen) atoms. The zero-order valence-electron chi connectivity index (χ0n) is 50.0. The maximum absolute atomic E-state index is 13.6. The molecular formula is C65H122N2O7P+. The fourth-order valence-corrected chi connectivity index (χ4v) is 9.74. The SMILES string of the molecule is CCCCC/C=C\C/C=C\C/C=C\CCCCCCCCC(=O)NC(COP(=O)(O)OCC[N+](C)(C)C)C(/C=C/CCCCCCCCCCCCC)OC(=O)CCCCCCCCC/C=C/CCCCCCCC. The Labute approximate surface area is 464 Å². The molecule has 0 aliphatic heterocycles. The number of unbranched alkanes of at least 4 members (excludes halogenated alkanes) is 33. The van der Waals surface area contributed by atoms with E-state index in [4.69, 9.17) is 13.8 Å². The molecule has 10 heteroatoms. The molecule has 0 saturated heterocycles. The highest BCUT2D eigenvalue weighted by Gasteiger charge is 2.30. The number of rotatable bonds is 57. The second-order valence-corrected chi connectivity index (χ2v) is 24.0. The van der Waals surface area contributed by atoms with Gasteiger partial charge in [0.15, 0.2) is 0 Å². The Morgan fingerprint density at radius 3 is 1.25 bits per heavy atom. The van der Waals surface area contributed by atoms with E-state index >= 15 is 0 Å². The minimum atomic E-state index is -4.45. The van der Waals surface area contributed by atoms with Crippen LogP contribution in [0.4, 0.5) is 0 Å². The lowest BCUT2D eigenvalue weighted by atomic mass is 10.0. The first-order valence-electron chi connectivity index (χ1n) is 31.6. The first kappa shape index (κ1) is 72.7. The largest absolute Gasteiger partial charge is 0.472 e. The summed E-state index contributed by atoms with van der Waals surface area (Å²) in [6.45, 7) is 6.99. The topological polar surface area (TPSA) is 111 Å². The summed E-state index contributed by atoms with van der Waals surface area (Å²) in [6, 6.07) is -0.858. The van der Waals surface area contributed by atoms with Gasteiger partial charge in [-0.05, 0) is 96.0 Å². The van der Waals surface area contributed by atoms with E-state index in [2.05, 4.69) is 74.7 Å². The standard InChI is InChI=1S/C65H121N2O7P/c1-7-10-13-16-19-22-25-28-30-32-33-35-36-39-42-45-48-51-54-57-64(68)66-62(61-73-75(70,71)72-60-59-67(4,5)6)63(56-53-50-47-44-41-38-27-24-21-18-15-12-9-3)74-65(69)58-55-52-49-46-43-40-37-34-31-29-26-23-20-17-14-11-8-2/h19,22,28-31,33,35,53,56,62-63H,7-18,20-21,23-27,32,34,36-52,54-55,57-61H2,1-6H3,(H-,66,68,70,71)/p+1/b22-19-,30-28-,31-29+,35-33-,56-53+. The summed E-state index contributed by atoms with van der Waals surface area (Å²) in [5.74, 6) is -0.519. The van der Waals surface area contributed by atoms with Crippen LogP contribution in [-0.2, 0) is 27.9 Å². The van der Waals surface area contributed by atoms with Crippen molar-refractivity contribution in [3.05, 3.63) is 60.8 Å². The van der Waals surface area contributed by atoms with Gasteiger partial charge in [-0.1, -0.05) is 242 Å². The second-order valence-electron chi connectivity index (χ2n) is 22.6. The molecule has 0 aromatic carbocycles. The molecule has 0 bridgehead atoms. The Balaban J connectivity index is 5.31. The van der Waals surface area contributed by atoms with E-state index < -0.39 is 20.0 Å². The van der Waals surface area contributed by atoms with Gasteiger partial charge < -0.3 is 19.4 Å². The van der Waals surface area contributed by atoms with Crippen molar-refractivity contribution in [3.63, 3.8) is 0 Å². The fraction of sp³-hybridized carbons (Fsp3) is 0.815. The van der Waals surface area contributed by atoms with Crippen LogP contribution in [0.1, 0.15) is 290 Å². The van der Waals surface area contributed by atoms with Crippen LogP contribution in [0.2, 0.25) is 0 Å². The van der Waals surface area contributed by atoms with Gasteiger partial charge in [0.1, 0.15) is 19.3 Å². The number of quaternary nitrogens is 1. The number of carbonyl (C=O) groups is 2. The average molecular weight is 1070 g/mol. The Kier molecular flexibility index (Phi) is 53.4. The van der Waals surface area contributed by atoms with E-state index in [1.807, 2.05) is 33.3 Å². The molecule has 0 radical (unpaired) electrons. The molecule has 0 spiro atoms. The number of allylic oxidation sites excluding steroid dienone is 9. The van der Waals surface area contributed by atoms with Crippen LogP contribution >= 0.6 is 7.82 Å². The van der Waals surface area contributed by atoms with Crippen molar-refractivity contribution in [1.82, 2.24) is 5.32 Å². The lowest BCUT2D eigenvalue weighted by Gasteiger charge is -2.27. The summed E-state index contributed by atoms with van der Waals surface area (Å²) < 4.78 is 30.7. The molecular weight excluding hydrogens is 952 g/mol. The summed E-state index contributed by atoms with van der Waals surface area (Å²) >= 11 is 0. The van der Waals surface area contributed by atoms with Gasteiger partial charge in [-0.3, -0.25) is 18.6 Å². The smallest absolute Gasteiger partial charge is 0.456 e. The van der Waals surface area contributed by atoms with Gasteiger partial charge >= 0.3 is 13.8 Å². The number of hydrogen-bond acceptors (Lipinski definition) is 6. The summed E-state index contributed by atoms with van der Waals surface area (Å²) in [7, 11) is 1.49. The number of amides is 1. The summed E-state index contributed by atoms with van der Waals surface area (Å²) in [5.41, 5.74) is 0. The molecule has 2 N–H and O–H groups in total. The van der Waals surface area contributed by atoms with Crippen LogP contribution in [0.3, 0.4) is 0 Å². The molecule has 3 atom stereocenters. The zero-order chi connectivity index (χ0) is 55.0. The van der Waals surface area contributed by atoms with Crippen LogP contribution < -0.4 is 5.32 Å². The number of phosphoric ester groups is 1. The van der Waals surface area contributed by atoms with E-state index in [-0.39, 0.29) is 31.5 Å². The molecule has 1 amide bonds. The van der Waals surface area contributed by atoms with Crippen molar-refractivity contribution in [2.75, 3.05) is 40.9 Å². The number of likely N-dealkylation sites (N-methyl/N-ethyl adjacent to an activating group) is 1. The number of ether oxygens (including phenoxy) is 1. The molecule has 0 aliphatic rings. The van der Waals surface area contributed by atoms with E-state index in [9.17, 15) is 19.0 Å². The van der Waals surface area contributed by atoms with Gasteiger partial charge in [-0.2, -0.15) is 0 Å². The number of nitrogens with zero attached hydrogens (tertiary/aromatic N) is 1. The fourth-order valence-electron chi connectivity index (χ4n) is 9.00. The zero-order valence-corrected chi connectivity index (χ0v) is 50.9. The highest BCUT2D eigenvalue weighted by atomic mass is 31.2. The van der Waals surface area contributed by atoms with E-state index in [0.29, 0.717) is 17.4 Å². The Morgan fingerprint density at radius 2 is 0.813 bits per heavy atom. The van der Waals surface area contributed by atoms with Crippen LogP contribution in [0.15, 0.2) is 60.8 Å². The molecule has 0 heterocycles. The molecule has 0 rings (SSSR count). The van der Waals surface area contributed by atoms with Crippen molar-refractivity contribution in [3.8, 4) is 0 Å². The van der Waals surface area contributed by atoms with Crippen molar-refractivity contribution < 1.29 is 37.3 Å². The Hall–Kier alpha value is -2.29. The minimum absolute atomic E-state index is 0.0359. The van der Waals surface area contributed by atoms with Gasteiger partial charge in [0.2, 0.25) is 5.91 Å². The number of esters is 1. The lowest BCUT2D eigenvalue weighted by molar-refractivity contribution is -0.870. The predicted molar refractivity (Wildman–Crippen MR) is 323 cm³/mol. The first-order chi connectivity index (χ1) is 36.4. The van der Waals surface area contributed by atoms with Crippen molar-refractivity contribution >= 4 is 19.7 Å². The van der Waals surface area contributed by atoms with Crippen molar-refractivity contribution in [1.29, 1.82) is 0 Å². The number of nitrogens with one attached hydrogen (secondary N) is 1. The number of phosphoric acid groups is 1. The first-order valence-corrected chi connectivity index (χ1v) is 33.1. The molecule has 0 aromatic heterocycles. The average Bonchev–Trinajstić information content (AvgIpc) is 3.37. The second kappa shape index (κ2) is 55.0. The van der Waals surface area contributed by atoms with Gasteiger partial charge in [0.05, 0.1) is 33.8 Å². The minimum Gasteiger partial charge on any atom is -0.456 e. The highest BCUT2D eigenvalue weighted by molar-refractivity contribution is 7.47. The normalized spacial score (nSPS) is 14.1. The molecule has 9 nitrogen and oxygen atoms in total. The third kappa shape index (κ3) is 56.2. The molecule has 0 aliphatic carbocycles. The van der Waals surface area contributed by atoms with Gasteiger partial charge in [-0.25, -0.2) is 4.57 Å². The van der Waals surface area contributed by atoms with Gasteiger partial charge in [-0.15, -0.1) is 0 Å². The third-order valence-corrected chi connectivity index (χ3v) is 14.9. The van der Waals surface area contributed by atoms with E-state index in [0.717, 1.165) is 96.3 Å². The van der Waals surface area contributed by atoms with Crippen molar-refractivity contribution in [2.24, 2.45) is 0 Å². The molecule has 3 unspecified atom stereocenters. The molecule has 438 valence electrons.